The van der Waals surface area contributed by atoms with Gasteiger partial charge < -0.3 is 15.2 Å². The second-order valence-corrected chi connectivity index (χ2v) is 9.39. The fraction of sp³-hybridized carbons (Fsp3) is 0.185. The van der Waals surface area contributed by atoms with E-state index in [2.05, 4.69) is 10.3 Å². The molecule has 0 aliphatic heterocycles. The standard InChI is InChI=1S/C27H23ClN4O5/c28-19-6-4-18(5-7-19)16-31-22(15-24(33)32(26(31)36)17-27(12-13-27)25(34)35)30-20-8-10-21(11-9-20)37-23-3-1-2-14-29-23/h1-11,14-15,30H,12-13,16-17H2,(H,34,35). The molecule has 2 heterocycles. The van der Waals surface area contributed by atoms with Crippen molar-refractivity contribution in [3.8, 4) is 11.6 Å². The molecule has 0 spiro atoms. The van der Waals surface area contributed by atoms with Crippen LogP contribution in [0, 0.1) is 5.41 Å². The summed E-state index contributed by atoms with van der Waals surface area (Å²) >= 11 is 6.01. The monoisotopic (exact) mass is 518 g/mol. The van der Waals surface area contributed by atoms with Gasteiger partial charge in [0.25, 0.3) is 5.56 Å². The first kappa shape index (κ1) is 24.3. The lowest BCUT2D eigenvalue weighted by Crippen LogP contribution is -2.43. The summed E-state index contributed by atoms with van der Waals surface area (Å²) in [6, 6.07) is 20.7. The van der Waals surface area contributed by atoms with Crippen LogP contribution >= 0.6 is 11.6 Å². The van der Waals surface area contributed by atoms with Crippen LogP contribution in [0.25, 0.3) is 0 Å². The topological polar surface area (TPSA) is 115 Å². The number of hydrogen-bond acceptors (Lipinski definition) is 6. The Kier molecular flexibility index (Phi) is 6.54. The zero-order valence-electron chi connectivity index (χ0n) is 19.6. The largest absolute Gasteiger partial charge is 0.481 e. The first-order chi connectivity index (χ1) is 17.8. The van der Waals surface area contributed by atoms with Crippen molar-refractivity contribution in [1.82, 2.24) is 14.1 Å². The molecule has 2 aromatic heterocycles. The molecular weight excluding hydrogens is 496 g/mol. The third kappa shape index (κ3) is 5.41. The molecule has 0 bridgehead atoms. The highest BCUT2D eigenvalue weighted by Gasteiger charge is 2.51. The Labute approximate surface area is 216 Å². The first-order valence-corrected chi connectivity index (χ1v) is 12.0. The van der Waals surface area contributed by atoms with Crippen LogP contribution < -0.4 is 21.3 Å². The number of ether oxygens (including phenoxy) is 1. The molecule has 5 rings (SSSR count). The van der Waals surface area contributed by atoms with E-state index in [0.717, 1.165) is 10.1 Å². The minimum atomic E-state index is -1.07. The van der Waals surface area contributed by atoms with Gasteiger partial charge >= 0.3 is 11.7 Å². The number of nitrogens with one attached hydrogen (secondary N) is 1. The molecule has 9 nitrogen and oxygen atoms in total. The fourth-order valence-electron chi connectivity index (χ4n) is 3.97. The average Bonchev–Trinajstić information content (AvgIpc) is 3.68. The van der Waals surface area contributed by atoms with Gasteiger partial charge in [0.1, 0.15) is 11.6 Å². The van der Waals surface area contributed by atoms with Crippen LogP contribution in [-0.4, -0.2) is 25.2 Å². The molecule has 37 heavy (non-hydrogen) atoms. The normalized spacial score (nSPS) is 13.6. The molecule has 0 radical (unpaired) electrons. The minimum Gasteiger partial charge on any atom is -0.481 e. The summed E-state index contributed by atoms with van der Waals surface area (Å²) in [6.07, 6.45) is 2.49. The Balaban J connectivity index is 1.47. The van der Waals surface area contributed by atoms with Crippen molar-refractivity contribution >= 4 is 29.1 Å². The molecule has 1 aliphatic carbocycles. The van der Waals surface area contributed by atoms with Crippen molar-refractivity contribution < 1.29 is 14.6 Å². The summed E-state index contributed by atoms with van der Waals surface area (Å²) in [7, 11) is 0. The molecule has 2 N–H and O–H groups in total. The smallest absolute Gasteiger partial charge is 0.332 e. The maximum Gasteiger partial charge on any atom is 0.332 e. The Hall–Kier alpha value is -4.37. The highest BCUT2D eigenvalue weighted by molar-refractivity contribution is 6.30. The number of pyridine rings is 1. The fourth-order valence-corrected chi connectivity index (χ4v) is 4.09. The molecule has 188 valence electrons. The van der Waals surface area contributed by atoms with Crippen LogP contribution in [0.5, 0.6) is 11.6 Å². The lowest BCUT2D eigenvalue weighted by Gasteiger charge is -2.18. The van der Waals surface area contributed by atoms with E-state index in [4.69, 9.17) is 16.3 Å². The van der Waals surface area contributed by atoms with Gasteiger partial charge in [0.15, 0.2) is 0 Å². The molecule has 0 amide bonds. The van der Waals surface area contributed by atoms with E-state index in [1.807, 2.05) is 6.07 Å². The zero-order valence-corrected chi connectivity index (χ0v) is 20.4. The molecular formula is C27H23ClN4O5. The Morgan fingerprint density at radius 1 is 1.03 bits per heavy atom. The maximum atomic E-state index is 13.5. The second-order valence-electron chi connectivity index (χ2n) is 8.95. The zero-order chi connectivity index (χ0) is 26.0. The van der Waals surface area contributed by atoms with Crippen LogP contribution in [0.4, 0.5) is 11.5 Å². The molecule has 1 saturated carbocycles. The van der Waals surface area contributed by atoms with Gasteiger partial charge in [-0.1, -0.05) is 29.8 Å². The Bertz CT molecular complexity index is 1540. The number of nitrogens with zero attached hydrogens (tertiary/aromatic N) is 3. The van der Waals surface area contributed by atoms with Gasteiger partial charge in [-0.3, -0.25) is 18.7 Å². The average molecular weight is 519 g/mol. The Morgan fingerprint density at radius 2 is 1.76 bits per heavy atom. The summed E-state index contributed by atoms with van der Waals surface area (Å²) in [5.74, 6) is 0.304. The molecule has 0 atom stereocenters. The van der Waals surface area contributed by atoms with Gasteiger partial charge in [0.2, 0.25) is 5.88 Å². The van der Waals surface area contributed by atoms with E-state index in [1.165, 1.54) is 10.6 Å². The lowest BCUT2D eigenvalue weighted by atomic mass is 10.1. The predicted molar refractivity (Wildman–Crippen MR) is 139 cm³/mol. The minimum absolute atomic E-state index is 0.152. The van der Waals surface area contributed by atoms with E-state index in [0.29, 0.717) is 35.2 Å². The van der Waals surface area contributed by atoms with Gasteiger partial charge in [0, 0.05) is 35.6 Å². The van der Waals surface area contributed by atoms with Gasteiger partial charge in [-0.05, 0) is 60.9 Å². The number of carboxylic acids is 1. The van der Waals surface area contributed by atoms with Crippen LogP contribution in [0.15, 0.2) is 88.6 Å². The van der Waals surface area contributed by atoms with Crippen molar-refractivity contribution in [2.75, 3.05) is 5.32 Å². The third-order valence-electron chi connectivity index (χ3n) is 6.29. The molecule has 10 heteroatoms. The summed E-state index contributed by atoms with van der Waals surface area (Å²) in [5.41, 5.74) is -0.813. The molecule has 0 saturated heterocycles. The number of carboxylic acid groups (broad SMARTS) is 1. The summed E-state index contributed by atoms with van der Waals surface area (Å²) in [6.45, 7) is -0.0139. The summed E-state index contributed by atoms with van der Waals surface area (Å²) in [4.78, 5) is 42.3. The highest BCUT2D eigenvalue weighted by Crippen LogP contribution is 2.46. The number of carbonyl (C=O) groups is 1. The number of hydrogen-bond donors (Lipinski definition) is 2. The van der Waals surface area contributed by atoms with Crippen LogP contribution in [0.3, 0.4) is 0 Å². The van der Waals surface area contributed by atoms with E-state index in [1.54, 1.807) is 66.9 Å². The van der Waals surface area contributed by atoms with E-state index < -0.39 is 22.6 Å². The SMILES string of the molecule is O=C(O)C1(Cn2c(=O)cc(Nc3ccc(Oc4ccccn4)cc3)n(Cc3ccc(Cl)cc3)c2=O)CC1. The van der Waals surface area contributed by atoms with Gasteiger partial charge in [0.05, 0.1) is 12.0 Å². The lowest BCUT2D eigenvalue weighted by molar-refractivity contribution is -0.143. The second kappa shape index (κ2) is 9.94. The number of halogens is 1. The quantitative estimate of drug-likeness (QED) is 0.335. The molecule has 0 unspecified atom stereocenters. The number of benzene rings is 2. The number of aromatic nitrogens is 3. The third-order valence-corrected chi connectivity index (χ3v) is 6.54. The first-order valence-electron chi connectivity index (χ1n) is 11.6. The van der Waals surface area contributed by atoms with E-state index >= 15 is 0 Å². The van der Waals surface area contributed by atoms with Crippen molar-refractivity contribution in [3.63, 3.8) is 0 Å². The highest BCUT2D eigenvalue weighted by atomic mass is 35.5. The maximum absolute atomic E-state index is 13.5. The summed E-state index contributed by atoms with van der Waals surface area (Å²) in [5, 5.41) is 13.3. The predicted octanol–water partition coefficient (Wildman–Crippen LogP) is 4.51. The van der Waals surface area contributed by atoms with Crippen molar-refractivity contribution in [2.24, 2.45) is 5.41 Å². The van der Waals surface area contributed by atoms with Crippen LogP contribution in [-0.2, 0) is 17.9 Å². The van der Waals surface area contributed by atoms with Gasteiger partial charge in [-0.15, -0.1) is 0 Å². The van der Waals surface area contributed by atoms with Crippen molar-refractivity contribution in [2.45, 2.75) is 25.9 Å². The Morgan fingerprint density at radius 3 is 2.38 bits per heavy atom. The van der Waals surface area contributed by atoms with Crippen LogP contribution in [0.2, 0.25) is 5.02 Å². The van der Waals surface area contributed by atoms with E-state index in [-0.39, 0.29) is 18.9 Å². The molecule has 2 aromatic carbocycles. The number of anilines is 2. The molecule has 1 fully saturated rings. The number of aliphatic carboxylic acids is 1. The summed E-state index contributed by atoms with van der Waals surface area (Å²) < 4.78 is 8.14. The molecule has 1 aliphatic rings. The molecule has 4 aromatic rings. The van der Waals surface area contributed by atoms with Crippen molar-refractivity contribution in [3.05, 3.63) is 110 Å². The van der Waals surface area contributed by atoms with Crippen molar-refractivity contribution in [1.29, 1.82) is 0 Å². The number of rotatable bonds is 9. The van der Waals surface area contributed by atoms with Gasteiger partial charge in [-0.25, -0.2) is 9.78 Å². The van der Waals surface area contributed by atoms with E-state index in [9.17, 15) is 19.5 Å². The van der Waals surface area contributed by atoms with Crippen LogP contribution in [0.1, 0.15) is 18.4 Å². The van der Waals surface area contributed by atoms with Gasteiger partial charge in [-0.2, -0.15) is 0 Å².